The van der Waals surface area contributed by atoms with Crippen LogP contribution in [0.3, 0.4) is 0 Å². The molecule has 29 heavy (non-hydrogen) atoms. The summed E-state index contributed by atoms with van der Waals surface area (Å²) in [6.07, 6.45) is 2.21. The number of likely N-dealkylation sites (tertiary alicyclic amines) is 1. The SMILES string of the molecule is Cc1cc(CCc2ccccc2)oc(=O)c1C(=O)N1CCC2(CN(C)CCO2)C1. The Hall–Kier alpha value is -2.44. The maximum absolute atomic E-state index is 13.1. The third-order valence-electron chi connectivity index (χ3n) is 5.96. The first-order valence-corrected chi connectivity index (χ1v) is 10.3. The molecule has 154 valence electrons. The van der Waals surface area contributed by atoms with Crippen molar-refractivity contribution in [1.82, 2.24) is 9.80 Å². The molecule has 0 N–H and O–H groups in total. The van der Waals surface area contributed by atoms with Gasteiger partial charge in [-0.15, -0.1) is 0 Å². The molecule has 6 heteroatoms. The summed E-state index contributed by atoms with van der Waals surface area (Å²) in [5, 5.41) is 0. The van der Waals surface area contributed by atoms with Crippen LogP contribution in [0.25, 0.3) is 0 Å². The van der Waals surface area contributed by atoms with Gasteiger partial charge < -0.3 is 19.0 Å². The molecule has 1 atom stereocenters. The molecule has 2 aliphatic heterocycles. The predicted molar refractivity (Wildman–Crippen MR) is 110 cm³/mol. The van der Waals surface area contributed by atoms with Gasteiger partial charge in [-0.25, -0.2) is 4.79 Å². The molecule has 1 aromatic carbocycles. The summed E-state index contributed by atoms with van der Waals surface area (Å²) in [5.74, 6) is 0.364. The van der Waals surface area contributed by atoms with Crippen molar-refractivity contribution in [2.24, 2.45) is 0 Å². The zero-order valence-corrected chi connectivity index (χ0v) is 17.1. The molecule has 2 aromatic rings. The van der Waals surface area contributed by atoms with Crippen molar-refractivity contribution in [3.8, 4) is 0 Å². The zero-order chi connectivity index (χ0) is 20.4. The van der Waals surface area contributed by atoms with Crippen molar-refractivity contribution in [3.05, 3.63) is 69.3 Å². The first-order chi connectivity index (χ1) is 14.0. The van der Waals surface area contributed by atoms with Crippen molar-refractivity contribution in [3.63, 3.8) is 0 Å². The summed E-state index contributed by atoms with van der Waals surface area (Å²) in [5.41, 5.74) is 1.16. The quantitative estimate of drug-likeness (QED) is 0.793. The standard InChI is InChI=1S/C23H28N2O4/c1-17-14-19(9-8-18-6-4-3-5-7-18)29-22(27)20(17)21(26)25-11-10-23(16-25)15-24(2)12-13-28-23/h3-7,14H,8-13,15-16H2,1-2H3. The summed E-state index contributed by atoms with van der Waals surface area (Å²) in [6.45, 7) is 5.32. The first-order valence-electron chi connectivity index (χ1n) is 10.3. The highest BCUT2D eigenvalue weighted by atomic mass is 16.5. The molecule has 0 radical (unpaired) electrons. The van der Waals surface area contributed by atoms with E-state index in [2.05, 4.69) is 24.1 Å². The number of nitrogens with zero attached hydrogens (tertiary/aromatic N) is 2. The highest BCUT2D eigenvalue weighted by Gasteiger charge is 2.44. The van der Waals surface area contributed by atoms with E-state index in [-0.39, 0.29) is 17.1 Å². The molecule has 6 nitrogen and oxygen atoms in total. The Morgan fingerprint density at radius 1 is 1.14 bits per heavy atom. The summed E-state index contributed by atoms with van der Waals surface area (Å²) in [4.78, 5) is 29.7. The molecular weight excluding hydrogens is 368 g/mol. The fraction of sp³-hybridized carbons (Fsp3) is 0.478. The van der Waals surface area contributed by atoms with Gasteiger partial charge in [-0.3, -0.25) is 4.79 Å². The van der Waals surface area contributed by atoms with E-state index >= 15 is 0 Å². The first kappa shape index (κ1) is 19.9. The van der Waals surface area contributed by atoms with Gasteiger partial charge in [-0.1, -0.05) is 30.3 Å². The van der Waals surface area contributed by atoms with Gasteiger partial charge in [0.15, 0.2) is 0 Å². The van der Waals surface area contributed by atoms with Crippen LogP contribution < -0.4 is 5.63 Å². The molecule has 1 unspecified atom stereocenters. The number of ether oxygens (including phenoxy) is 1. The molecule has 2 aliphatic rings. The fourth-order valence-electron chi connectivity index (χ4n) is 4.42. The largest absolute Gasteiger partial charge is 0.427 e. The van der Waals surface area contributed by atoms with Crippen molar-refractivity contribution in [1.29, 1.82) is 0 Å². The number of aryl methyl sites for hydroxylation is 3. The number of morpholine rings is 1. The lowest BCUT2D eigenvalue weighted by molar-refractivity contribution is -0.0935. The number of carbonyl (C=O) groups is 1. The molecular formula is C23H28N2O4. The summed E-state index contributed by atoms with van der Waals surface area (Å²) < 4.78 is 11.5. The van der Waals surface area contributed by atoms with Crippen molar-refractivity contribution < 1.29 is 13.9 Å². The van der Waals surface area contributed by atoms with Crippen LogP contribution in [0, 0.1) is 6.92 Å². The lowest BCUT2D eigenvalue weighted by Crippen LogP contribution is -2.52. The molecule has 1 spiro atoms. The van der Waals surface area contributed by atoms with Crippen LogP contribution in [0.4, 0.5) is 0 Å². The van der Waals surface area contributed by atoms with Gasteiger partial charge >= 0.3 is 5.63 Å². The van der Waals surface area contributed by atoms with E-state index in [1.807, 2.05) is 31.2 Å². The van der Waals surface area contributed by atoms with Crippen LogP contribution in [0.5, 0.6) is 0 Å². The van der Waals surface area contributed by atoms with Crippen LogP contribution in [-0.2, 0) is 17.6 Å². The normalized spacial score (nSPS) is 22.3. The van der Waals surface area contributed by atoms with Crippen molar-refractivity contribution >= 4 is 5.91 Å². The zero-order valence-electron chi connectivity index (χ0n) is 17.1. The Kier molecular flexibility index (Phi) is 5.56. The Bertz CT molecular complexity index is 940. The maximum atomic E-state index is 13.1. The Morgan fingerprint density at radius 3 is 2.66 bits per heavy atom. The van der Waals surface area contributed by atoms with Crippen LogP contribution in [-0.4, -0.2) is 61.1 Å². The molecule has 4 rings (SSSR count). The third kappa shape index (κ3) is 4.28. The van der Waals surface area contributed by atoms with Gasteiger partial charge in [-0.2, -0.15) is 0 Å². The Balaban J connectivity index is 1.47. The molecule has 1 amide bonds. The van der Waals surface area contributed by atoms with E-state index in [1.54, 1.807) is 4.90 Å². The number of amides is 1. The highest BCUT2D eigenvalue weighted by molar-refractivity contribution is 5.95. The van der Waals surface area contributed by atoms with Crippen molar-refractivity contribution in [2.45, 2.75) is 31.8 Å². The minimum atomic E-state index is -0.541. The molecule has 2 fully saturated rings. The number of rotatable bonds is 4. The van der Waals surface area contributed by atoms with Gasteiger partial charge in [0.05, 0.1) is 13.2 Å². The van der Waals surface area contributed by atoms with Crippen LogP contribution in [0.2, 0.25) is 0 Å². The monoisotopic (exact) mass is 396 g/mol. The second-order valence-corrected chi connectivity index (χ2v) is 8.29. The lowest BCUT2D eigenvalue weighted by atomic mass is 10.0. The van der Waals surface area contributed by atoms with Gasteiger partial charge in [0.1, 0.15) is 16.9 Å². The maximum Gasteiger partial charge on any atom is 0.349 e. The fourth-order valence-corrected chi connectivity index (χ4v) is 4.42. The predicted octanol–water partition coefficient (Wildman–Crippen LogP) is 2.28. The highest BCUT2D eigenvalue weighted by Crippen LogP contribution is 2.29. The smallest absolute Gasteiger partial charge is 0.349 e. The second-order valence-electron chi connectivity index (χ2n) is 8.29. The van der Waals surface area contributed by atoms with Gasteiger partial charge in [0.2, 0.25) is 0 Å². The summed E-state index contributed by atoms with van der Waals surface area (Å²) in [6, 6.07) is 11.9. The topological polar surface area (TPSA) is 63.0 Å². The van der Waals surface area contributed by atoms with Gasteiger partial charge in [0.25, 0.3) is 5.91 Å². The van der Waals surface area contributed by atoms with Crippen LogP contribution in [0.15, 0.2) is 45.6 Å². The third-order valence-corrected chi connectivity index (χ3v) is 5.96. The van der Waals surface area contributed by atoms with Crippen LogP contribution in [0.1, 0.15) is 33.7 Å². The molecule has 1 aromatic heterocycles. The number of benzene rings is 1. The summed E-state index contributed by atoms with van der Waals surface area (Å²) in [7, 11) is 2.07. The van der Waals surface area contributed by atoms with Crippen molar-refractivity contribution in [2.75, 3.05) is 39.8 Å². The number of likely N-dealkylation sites (N-methyl/N-ethyl adjacent to an activating group) is 1. The molecule has 2 saturated heterocycles. The average Bonchev–Trinajstić information content (AvgIpc) is 3.09. The van der Waals surface area contributed by atoms with Gasteiger partial charge in [0, 0.05) is 26.1 Å². The molecule has 0 bridgehead atoms. The lowest BCUT2D eigenvalue weighted by Gasteiger charge is -2.38. The number of hydrogen-bond acceptors (Lipinski definition) is 5. The van der Waals surface area contributed by atoms with E-state index in [4.69, 9.17) is 9.15 Å². The van der Waals surface area contributed by atoms with E-state index in [0.29, 0.717) is 37.4 Å². The minimum Gasteiger partial charge on any atom is -0.427 e. The minimum absolute atomic E-state index is 0.148. The Morgan fingerprint density at radius 2 is 1.93 bits per heavy atom. The Labute approximate surface area is 171 Å². The average molecular weight is 396 g/mol. The summed E-state index contributed by atoms with van der Waals surface area (Å²) >= 11 is 0. The van der Waals surface area contributed by atoms with E-state index < -0.39 is 5.63 Å². The van der Waals surface area contributed by atoms with E-state index in [0.717, 1.165) is 25.9 Å². The number of hydrogen-bond donors (Lipinski definition) is 0. The van der Waals surface area contributed by atoms with Gasteiger partial charge in [-0.05, 0) is 44.0 Å². The molecule has 0 aliphatic carbocycles. The number of carbonyl (C=O) groups excluding carboxylic acids is 1. The van der Waals surface area contributed by atoms with E-state index in [9.17, 15) is 9.59 Å². The van der Waals surface area contributed by atoms with Crippen LogP contribution >= 0.6 is 0 Å². The molecule has 0 saturated carbocycles. The second kappa shape index (κ2) is 8.13. The molecule has 3 heterocycles. The van der Waals surface area contributed by atoms with E-state index in [1.165, 1.54) is 5.56 Å².